The largest absolute Gasteiger partial charge is 0.361 e. The summed E-state index contributed by atoms with van der Waals surface area (Å²) in [6.07, 6.45) is 8.70. The van der Waals surface area contributed by atoms with Crippen LogP contribution in [0.2, 0.25) is 0 Å². The summed E-state index contributed by atoms with van der Waals surface area (Å²) in [4.78, 5) is 34.5. The molecule has 146 valence electrons. The Bertz CT molecular complexity index is 1220. The molecular weight excluding hydrogens is 368 g/mol. The maximum atomic E-state index is 13.1. The van der Waals surface area contributed by atoms with Gasteiger partial charge in [-0.05, 0) is 42.5 Å². The van der Waals surface area contributed by atoms with Gasteiger partial charge < -0.3 is 9.88 Å². The Morgan fingerprint density at radius 1 is 1.21 bits per heavy atom. The molecule has 1 N–H and O–H groups in total. The van der Waals surface area contributed by atoms with Gasteiger partial charge in [-0.2, -0.15) is 5.10 Å². The molecule has 3 aromatic heterocycles. The van der Waals surface area contributed by atoms with Crippen molar-refractivity contribution in [1.29, 1.82) is 0 Å². The van der Waals surface area contributed by atoms with Crippen molar-refractivity contribution in [2.24, 2.45) is 0 Å². The molecule has 1 fully saturated rings. The second-order valence-corrected chi connectivity index (χ2v) is 7.26. The molecule has 1 aliphatic rings. The van der Waals surface area contributed by atoms with Crippen LogP contribution < -0.4 is 5.56 Å². The van der Waals surface area contributed by atoms with E-state index in [0.717, 1.165) is 23.7 Å². The van der Waals surface area contributed by atoms with E-state index in [1.165, 1.54) is 10.7 Å². The van der Waals surface area contributed by atoms with Crippen molar-refractivity contribution in [1.82, 2.24) is 29.2 Å². The van der Waals surface area contributed by atoms with E-state index in [-0.39, 0.29) is 17.5 Å². The summed E-state index contributed by atoms with van der Waals surface area (Å²) in [5, 5.41) is 5.54. The number of benzene rings is 1. The minimum absolute atomic E-state index is 0.0113. The Morgan fingerprint density at radius 3 is 3.00 bits per heavy atom. The third-order valence-corrected chi connectivity index (χ3v) is 5.45. The van der Waals surface area contributed by atoms with Gasteiger partial charge in [-0.25, -0.2) is 9.67 Å². The molecule has 1 amide bonds. The molecule has 8 nitrogen and oxygen atoms in total. The van der Waals surface area contributed by atoms with Crippen molar-refractivity contribution in [3.8, 4) is 5.82 Å². The summed E-state index contributed by atoms with van der Waals surface area (Å²) < 4.78 is 3.19. The number of carbonyl (C=O) groups is 1. The first kappa shape index (κ1) is 17.4. The Hall–Kier alpha value is -3.68. The number of hydrogen-bond acceptors (Lipinski definition) is 4. The van der Waals surface area contributed by atoms with Crippen molar-refractivity contribution in [2.45, 2.75) is 25.4 Å². The van der Waals surface area contributed by atoms with Crippen LogP contribution in [0.3, 0.4) is 0 Å². The topological polar surface area (TPSA) is 88.8 Å². The zero-order valence-electron chi connectivity index (χ0n) is 15.7. The molecule has 0 saturated carbocycles. The van der Waals surface area contributed by atoms with Gasteiger partial charge in [-0.15, -0.1) is 0 Å². The summed E-state index contributed by atoms with van der Waals surface area (Å²) in [6, 6.07) is 10.8. The van der Waals surface area contributed by atoms with Crippen LogP contribution in [0.1, 0.15) is 23.2 Å². The summed E-state index contributed by atoms with van der Waals surface area (Å²) in [5.41, 5.74) is 1.41. The quantitative estimate of drug-likeness (QED) is 0.581. The highest BCUT2D eigenvalue weighted by Crippen LogP contribution is 2.23. The number of imidazole rings is 1. The highest BCUT2D eigenvalue weighted by molar-refractivity contribution is 5.98. The summed E-state index contributed by atoms with van der Waals surface area (Å²) >= 11 is 0. The molecule has 1 aromatic carbocycles. The number of amides is 1. The molecule has 1 atom stereocenters. The first-order valence-corrected chi connectivity index (χ1v) is 9.64. The monoisotopic (exact) mass is 388 g/mol. The number of rotatable bonds is 4. The average molecular weight is 388 g/mol. The summed E-state index contributed by atoms with van der Waals surface area (Å²) in [6.45, 7) is 1.06. The lowest BCUT2D eigenvalue weighted by Gasteiger charge is -2.25. The fourth-order valence-electron chi connectivity index (χ4n) is 3.94. The van der Waals surface area contributed by atoms with Gasteiger partial charge in [0.25, 0.3) is 11.5 Å². The fraction of sp³-hybridized carbons (Fsp3) is 0.238. The van der Waals surface area contributed by atoms with Gasteiger partial charge in [0.05, 0.1) is 12.6 Å². The average Bonchev–Trinajstić information content (AvgIpc) is 3.50. The second-order valence-electron chi connectivity index (χ2n) is 7.26. The second kappa shape index (κ2) is 7.05. The van der Waals surface area contributed by atoms with E-state index in [1.807, 2.05) is 35.4 Å². The van der Waals surface area contributed by atoms with Gasteiger partial charge in [-0.3, -0.25) is 14.2 Å². The zero-order valence-corrected chi connectivity index (χ0v) is 15.7. The third-order valence-electron chi connectivity index (χ3n) is 5.45. The van der Waals surface area contributed by atoms with Gasteiger partial charge in [-0.1, -0.05) is 6.07 Å². The molecule has 29 heavy (non-hydrogen) atoms. The van der Waals surface area contributed by atoms with E-state index < -0.39 is 0 Å². The first-order valence-electron chi connectivity index (χ1n) is 9.64. The van der Waals surface area contributed by atoms with Gasteiger partial charge in [0, 0.05) is 42.3 Å². The van der Waals surface area contributed by atoms with Crippen LogP contribution in [-0.2, 0) is 6.54 Å². The molecule has 4 heterocycles. The minimum Gasteiger partial charge on any atom is -0.361 e. The number of hydrogen-bond donors (Lipinski definition) is 1. The van der Waals surface area contributed by atoms with Crippen LogP contribution >= 0.6 is 0 Å². The van der Waals surface area contributed by atoms with Crippen molar-refractivity contribution >= 4 is 16.8 Å². The molecule has 0 radical (unpaired) electrons. The SMILES string of the molecule is O=C(c1ccc2cc[nH]c2c1)N1CCCC1Cn1nc(-n2ccnc2)ccc1=O. The Kier molecular flexibility index (Phi) is 4.23. The predicted octanol–water partition coefficient (Wildman–Crippen LogP) is 2.22. The predicted molar refractivity (Wildman–Crippen MR) is 108 cm³/mol. The molecule has 0 aliphatic carbocycles. The zero-order chi connectivity index (χ0) is 19.8. The molecule has 8 heteroatoms. The number of nitrogens with zero attached hydrogens (tertiary/aromatic N) is 5. The number of likely N-dealkylation sites (tertiary alicyclic amines) is 1. The highest BCUT2D eigenvalue weighted by atomic mass is 16.2. The van der Waals surface area contributed by atoms with E-state index in [4.69, 9.17) is 0 Å². The first-order chi connectivity index (χ1) is 14.2. The molecule has 1 aliphatic heterocycles. The molecule has 0 spiro atoms. The van der Waals surface area contributed by atoms with Crippen molar-refractivity contribution in [3.63, 3.8) is 0 Å². The van der Waals surface area contributed by atoms with Crippen LogP contribution in [0.25, 0.3) is 16.7 Å². The maximum Gasteiger partial charge on any atom is 0.266 e. The molecule has 1 unspecified atom stereocenters. The van der Waals surface area contributed by atoms with E-state index in [1.54, 1.807) is 29.4 Å². The molecular formula is C21H20N6O2. The van der Waals surface area contributed by atoms with E-state index >= 15 is 0 Å². The van der Waals surface area contributed by atoms with E-state index in [9.17, 15) is 9.59 Å². The summed E-state index contributed by atoms with van der Waals surface area (Å²) in [7, 11) is 0. The van der Waals surface area contributed by atoms with Crippen LogP contribution in [0.5, 0.6) is 0 Å². The standard InChI is InChI=1S/C21H20N6O2/c28-20-6-5-19(25-11-9-22-14-25)24-27(20)13-17-2-1-10-26(17)21(29)16-4-3-15-7-8-23-18(15)12-16/h3-9,11-12,14,17,23H,1-2,10,13H2. The smallest absolute Gasteiger partial charge is 0.266 e. The fourth-order valence-corrected chi connectivity index (χ4v) is 3.94. The Balaban J connectivity index is 1.40. The van der Waals surface area contributed by atoms with Gasteiger partial charge in [0.15, 0.2) is 5.82 Å². The van der Waals surface area contributed by atoms with Gasteiger partial charge >= 0.3 is 0 Å². The normalized spacial score (nSPS) is 16.6. The number of H-pyrrole nitrogens is 1. The maximum absolute atomic E-state index is 13.1. The lowest BCUT2D eigenvalue weighted by molar-refractivity contribution is 0.0720. The minimum atomic E-state index is -0.180. The van der Waals surface area contributed by atoms with Gasteiger partial charge in [0.2, 0.25) is 0 Å². The van der Waals surface area contributed by atoms with Crippen LogP contribution in [-0.4, -0.2) is 47.7 Å². The lowest BCUT2D eigenvalue weighted by Crippen LogP contribution is -2.40. The summed E-state index contributed by atoms with van der Waals surface area (Å²) in [5.74, 6) is 0.609. The van der Waals surface area contributed by atoms with E-state index in [2.05, 4.69) is 15.1 Å². The Morgan fingerprint density at radius 2 is 2.14 bits per heavy atom. The Labute approximate surface area is 166 Å². The lowest BCUT2D eigenvalue weighted by atomic mass is 10.1. The third kappa shape index (κ3) is 3.22. The van der Waals surface area contributed by atoms with Crippen LogP contribution in [0.15, 0.2) is 66.1 Å². The van der Waals surface area contributed by atoms with Crippen molar-refractivity contribution < 1.29 is 4.79 Å². The van der Waals surface area contributed by atoms with Crippen molar-refractivity contribution in [2.75, 3.05) is 6.54 Å². The van der Waals surface area contributed by atoms with Crippen molar-refractivity contribution in [3.05, 3.63) is 77.2 Å². The highest BCUT2D eigenvalue weighted by Gasteiger charge is 2.30. The number of aromatic nitrogens is 5. The number of fused-ring (bicyclic) bond motifs is 1. The van der Waals surface area contributed by atoms with Gasteiger partial charge in [0.1, 0.15) is 6.33 Å². The van der Waals surface area contributed by atoms with E-state index in [0.29, 0.717) is 24.5 Å². The molecule has 5 rings (SSSR count). The number of aromatic amines is 1. The number of carbonyl (C=O) groups excluding carboxylic acids is 1. The molecule has 4 aromatic rings. The van der Waals surface area contributed by atoms with Crippen LogP contribution in [0.4, 0.5) is 0 Å². The molecule has 1 saturated heterocycles. The van der Waals surface area contributed by atoms with Crippen LogP contribution in [0, 0.1) is 0 Å². The molecule has 0 bridgehead atoms. The number of nitrogens with one attached hydrogen (secondary N) is 1.